The van der Waals surface area contributed by atoms with Gasteiger partial charge in [0.1, 0.15) is 17.4 Å². The first-order valence-electron chi connectivity index (χ1n) is 5.24. The van der Waals surface area contributed by atoms with Crippen LogP contribution in [0, 0.1) is 18.5 Å². The Bertz CT molecular complexity index is 760. The van der Waals surface area contributed by atoms with Crippen molar-refractivity contribution in [3.63, 3.8) is 0 Å². The van der Waals surface area contributed by atoms with Crippen molar-refractivity contribution in [1.82, 2.24) is 9.97 Å². The summed E-state index contributed by atoms with van der Waals surface area (Å²) in [5, 5.41) is 19.4. The number of aromatic nitrogens is 2. The maximum Gasteiger partial charge on any atom is 0.270 e. The first-order valence-corrected chi connectivity index (χ1v) is 8.63. The second-order valence-corrected chi connectivity index (χ2v) is 6.82. The number of hydrogen-bond donors (Lipinski definition) is 2. The molecule has 2 aromatic rings. The van der Waals surface area contributed by atoms with Crippen molar-refractivity contribution >= 4 is 56.9 Å². The Balaban J connectivity index is 2.78. The van der Waals surface area contributed by atoms with Gasteiger partial charge < -0.3 is 10.1 Å². The zero-order valence-corrected chi connectivity index (χ0v) is 15.2. The van der Waals surface area contributed by atoms with Crippen molar-refractivity contribution in [2.24, 2.45) is 0 Å². The molecule has 1 heterocycles. The zero-order chi connectivity index (χ0) is 14.9. The van der Waals surface area contributed by atoms with Crippen LogP contribution in [-0.4, -0.2) is 21.3 Å². The van der Waals surface area contributed by atoms with Crippen LogP contribution in [0.25, 0.3) is 11.3 Å². The lowest BCUT2D eigenvalue weighted by atomic mass is 10.1. The van der Waals surface area contributed by atoms with Crippen molar-refractivity contribution in [2.45, 2.75) is 5.16 Å². The van der Waals surface area contributed by atoms with Gasteiger partial charge in [0, 0.05) is 5.56 Å². The molecule has 0 unspecified atom stereocenters. The Morgan fingerprint density at radius 3 is 2.50 bits per heavy atom. The fourth-order valence-electron chi connectivity index (χ4n) is 1.56. The summed E-state index contributed by atoms with van der Waals surface area (Å²) in [7, 11) is 0. The summed E-state index contributed by atoms with van der Waals surface area (Å²) in [6, 6.07) is 5.28. The molecule has 0 fully saturated rings. The number of halogens is 2. The molecule has 20 heavy (non-hydrogen) atoms. The Labute approximate surface area is 146 Å². The van der Waals surface area contributed by atoms with Gasteiger partial charge in [0.05, 0.1) is 12.8 Å². The molecule has 0 spiro atoms. The van der Waals surface area contributed by atoms with Crippen LogP contribution < -0.4 is 5.56 Å². The zero-order valence-electron chi connectivity index (χ0n) is 10.1. The van der Waals surface area contributed by atoms with E-state index in [4.69, 9.17) is 5.26 Å². The van der Waals surface area contributed by atoms with Gasteiger partial charge in [0.25, 0.3) is 5.56 Å². The molecular formula is C12H7I2N3O2S. The average molecular weight is 511 g/mol. The molecule has 0 radical (unpaired) electrons. The summed E-state index contributed by atoms with van der Waals surface area (Å²) < 4.78 is 1.28. The van der Waals surface area contributed by atoms with Crippen LogP contribution in [0.2, 0.25) is 0 Å². The molecule has 0 aliphatic carbocycles. The third kappa shape index (κ3) is 2.94. The third-order valence-corrected chi connectivity index (χ3v) is 4.72. The fourth-order valence-corrected chi connectivity index (χ4v) is 3.71. The molecule has 0 atom stereocenters. The number of nitrogens with zero attached hydrogens (tertiary/aromatic N) is 2. The van der Waals surface area contributed by atoms with Gasteiger partial charge in [-0.25, -0.2) is 4.98 Å². The number of nitriles is 1. The molecule has 0 aliphatic heterocycles. The highest BCUT2D eigenvalue weighted by Gasteiger charge is 2.15. The van der Waals surface area contributed by atoms with E-state index in [1.165, 1.54) is 11.8 Å². The molecular weight excluding hydrogens is 504 g/mol. The molecule has 0 amide bonds. The van der Waals surface area contributed by atoms with Crippen LogP contribution in [0.5, 0.6) is 5.75 Å². The predicted octanol–water partition coefficient (Wildman–Crippen LogP) is 2.95. The molecule has 2 rings (SSSR count). The van der Waals surface area contributed by atoms with E-state index in [2.05, 4.69) is 9.97 Å². The summed E-state index contributed by atoms with van der Waals surface area (Å²) in [5.74, 6) is 0.184. The van der Waals surface area contributed by atoms with E-state index in [-0.39, 0.29) is 11.3 Å². The molecule has 1 aromatic heterocycles. The van der Waals surface area contributed by atoms with E-state index in [9.17, 15) is 9.90 Å². The summed E-state index contributed by atoms with van der Waals surface area (Å²) >= 11 is 5.29. The highest BCUT2D eigenvalue weighted by atomic mass is 127. The van der Waals surface area contributed by atoms with Gasteiger partial charge in [-0.3, -0.25) is 4.79 Å². The molecule has 2 N–H and O–H groups in total. The number of phenols is 1. The number of phenolic OH excluding ortho intramolecular Hbond substituents is 1. The number of aromatic amines is 1. The lowest BCUT2D eigenvalue weighted by molar-refractivity contribution is 0.467. The van der Waals surface area contributed by atoms with Gasteiger partial charge >= 0.3 is 0 Å². The monoisotopic (exact) mass is 511 g/mol. The number of aromatic hydroxyl groups is 1. The van der Waals surface area contributed by atoms with Gasteiger partial charge in [-0.05, 0) is 63.6 Å². The number of benzene rings is 1. The predicted molar refractivity (Wildman–Crippen MR) is 93.9 cm³/mol. The molecule has 0 bridgehead atoms. The summed E-state index contributed by atoms with van der Waals surface area (Å²) in [5.41, 5.74) is 0.478. The lowest BCUT2D eigenvalue weighted by Gasteiger charge is -2.08. The second kappa shape index (κ2) is 6.31. The van der Waals surface area contributed by atoms with E-state index in [1.807, 2.05) is 51.3 Å². The topological polar surface area (TPSA) is 89.8 Å². The van der Waals surface area contributed by atoms with Crippen molar-refractivity contribution in [2.75, 3.05) is 6.26 Å². The second-order valence-electron chi connectivity index (χ2n) is 3.70. The van der Waals surface area contributed by atoms with Gasteiger partial charge in [0.2, 0.25) is 0 Å². The molecule has 5 nitrogen and oxygen atoms in total. The summed E-state index contributed by atoms with van der Waals surface area (Å²) in [6.07, 6.45) is 1.79. The fraction of sp³-hybridized carbons (Fsp3) is 0.0833. The standard InChI is InChI=1S/C12H7I2N3O2S/c1-20-12-16-9(6(4-15)11(19)17-12)5-2-7(13)10(18)8(14)3-5/h2-3,18H,1H3,(H,16,17,19). The molecule has 1 aromatic carbocycles. The first kappa shape index (κ1) is 15.6. The van der Waals surface area contributed by atoms with Crippen molar-refractivity contribution in [3.8, 4) is 23.1 Å². The number of thioether (sulfide) groups is 1. The number of rotatable bonds is 2. The molecule has 0 aliphatic rings. The molecule has 102 valence electrons. The van der Waals surface area contributed by atoms with Crippen molar-refractivity contribution in [3.05, 3.63) is 35.2 Å². The molecule has 0 saturated heterocycles. The van der Waals surface area contributed by atoms with Crippen molar-refractivity contribution in [1.29, 1.82) is 5.26 Å². The van der Waals surface area contributed by atoms with E-state index < -0.39 is 5.56 Å². The maximum absolute atomic E-state index is 11.9. The van der Waals surface area contributed by atoms with Gasteiger partial charge in [-0.1, -0.05) is 11.8 Å². The number of hydrogen-bond acceptors (Lipinski definition) is 5. The highest BCUT2D eigenvalue weighted by molar-refractivity contribution is 14.1. The van der Waals surface area contributed by atoms with Crippen LogP contribution in [0.15, 0.2) is 22.1 Å². The minimum Gasteiger partial charge on any atom is -0.506 e. The van der Waals surface area contributed by atoms with Crippen LogP contribution in [-0.2, 0) is 0 Å². The van der Waals surface area contributed by atoms with Crippen molar-refractivity contribution < 1.29 is 5.11 Å². The quantitative estimate of drug-likeness (QED) is 0.368. The largest absolute Gasteiger partial charge is 0.506 e. The first-order chi connectivity index (χ1) is 9.47. The van der Waals surface area contributed by atoms with E-state index in [0.717, 1.165) is 0 Å². The SMILES string of the molecule is CSc1nc(-c2cc(I)c(O)c(I)c2)c(C#N)c(=O)[nH]1. The normalized spacial score (nSPS) is 10.3. The smallest absolute Gasteiger partial charge is 0.270 e. The number of nitrogens with one attached hydrogen (secondary N) is 1. The van der Waals surface area contributed by atoms with Crippen LogP contribution in [0.3, 0.4) is 0 Å². The van der Waals surface area contributed by atoms with Crippen LogP contribution in [0.4, 0.5) is 0 Å². The minimum absolute atomic E-state index is 0.0277. The molecule has 8 heteroatoms. The van der Waals surface area contributed by atoms with E-state index >= 15 is 0 Å². The van der Waals surface area contributed by atoms with Crippen LogP contribution in [0.1, 0.15) is 5.56 Å². The van der Waals surface area contributed by atoms with Crippen LogP contribution >= 0.6 is 56.9 Å². The minimum atomic E-state index is -0.458. The van der Waals surface area contributed by atoms with Gasteiger partial charge in [0.15, 0.2) is 5.16 Å². The van der Waals surface area contributed by atoms with E-state index in [0.29, 0.717) is 23.6 Å². The van der Waals surface area contributed by atoms with Gasteiger partial charge in [-0.15, -0.1) is 0 Å². The van der Waals surface area contributed by atoms with Gasteiger partial charge in [-0.2, -0.15) is 5.26 Å². The molecule has 0 saturated carbocycles. The Kier molecular flexibility index (Phi) is 4.92. The maximum atomic E-state index is 11.9. The summed E-state index contributed by atoms with van der Waals surface area (Å²) in [4.78, 5) is 18.7. The average Bonchev–Trinajstić information content (AvgIpc) is 2.43. The van der Waals surface area contributed by atoms with E-state index in [1.54, 1.807) is 18.4 Å². The lowest BCUT2D eigenvalue weighted by Crippen LogP contribution is -2.14. The Morgan fingerprint density at radius 2 is 2.00 bits per heavy atom. The third-order valence-electron chi connectivity index (χ3n) is 2.49. The Hall–Kier alpha value is -0.800. The number of H-pyrrole nitrogens is 1. The Morgan fingerprint density at radius 1 is 1.40 bits per heavy atom. The summed E-state index contributed by atoms with van der Waals surface area (Å²) in [6.45, 7) is 0. The highest BCUT2D eigenvalue weighted by Crippen LogP contribution is 2.32.